The van der Waals surface area contributed by atoms with E-state index in [1.165, 1.54) is 32.6 Å². The predicted octanol–water partition coefficient (Wildman–Crippen LogP) is 14.8. The van der Waals surface area contributed by atoms with Gasteiger partial charge in [0, 0.05) is 67.0 Å². The van der Waals surface area contributed by atoms with Crippen LogP contribution >= 0.6 is 0 Å². The summed E-state index contributed by atoms with van der Waals surface area (Å²) in [6.45, 7) is 0. The van der Waals surface area contributed by atoms with Gasteiger partial charge in [0.2, 0.25) is 0 Å². The number of hydrogen-bond donors (Lipinski definition) is 0. The molecule has 0 saturated heterocycles. The van der Waals surface area contributed by atoms with Gasteiger partial charge in [0.15, 0.2) is 0 Å². The summed E-state index contributed by atoms with van der Waals surface area (Å²) in [7, 11) is 0. The van der Waals surface area contributed by atoms with Crippen LogP contribution in [0.15, 0.2) is 231 Å². The van der Waals surface area contributed by atoms with E-state index in [1.807, 2.05) is 0 Å². The maximum atomic E-state index is 2.44. The summed E-state index contributed by atoms with van der Waals surface area (Å²) >= 11 is 0. The van der Waals surface area contributed by atoms with Gasteiger partial charge in [-0.2, -0.15) is 0 Å². The number of benzene rings is 9. The summed E-state index contributed by atoms with van der Waals surface area (Å²) in [6, 6.07) is 82.7. The summed E-state index contributed by atoms with van der Waals surface area (Å²) in [5.41, 5.74) is 13.6. The Kier molecular flexibility index (Phi) is 8.11. The number of rotatable bonds is 8. The fourth-order valence-corrected chi connectivity index (χ4v) is 8.69. The van der Waals surface area contributed by atoms with Gasteiger partial charge >= 0.3 is 0 Å². The average molecular weight is 743 g/mol. The van der Waals surface area contributed by atoms with Crippen molar-refractivity contribution in [1.82, 2.24) is 9.13 Å². The lowest BCUT2D eigenvalue weighted by atomic mass is 10.1. The number of aromatic nitrogens is 2. The van der Waals surface area contributed by atoms with Crippen molar-refractivity contribution in [3.05, 3.63) is 231 Å². The van der Waals surface area contributed by atoms with E-state index in [0.717, 1.165) is 56.5 Å². The molecule has 0 atom stereocenters. The number of fused-ring (bicyclic) bond motifs is 6. The van der Waals surface area contributed by atoms with E-state index in [4.69, 9.17) is 0 Å². The van der Waals surface area contributed by atoms with Crippen molar-refractivity contribution in [3.63, 3.8) is 0 Å². The van der Waals surface area contributed by atoms with E-state index in [9.17, 15) is 0 Å². The summed E-state index contributed by atoms with van der Waals surface area (Å²) < 4.78 is 4.85. The quantitative estimate of drug-likeness (QED) is 0.154. The molecule has 0 N–H and O–H groups in total. The van der Waals surface area contributed by atoms with Crippen molar-refractivity contribution in [2.45, 2.75) is 0 Å². The molecule has 0 aliphatic rings. The topological polar surface area (TPSA) is 16.3 Å². The predicted molar refractivity (Wildman–Crippen MR) is 244 cm³/mol. The van der Waals surface area contributed by atoms with Gasteiger partial charge in [-0.25, -0.2) is 0 Å². The smallest absolute Gasteiger partial charge is 0.0548 e. The Hall–Kier alpha value is -7.82. The minimum absolute atomic E-state index is 1.10. The Morgan fingerprint density at radius 2 is 0.569 bits per heavy atom. The van der Waals surface area contributed by atoms with Crippen LogP contribution < -0.4 is 9.80 Å². The van der Waals surface area contributed by atoms with Crippen LogP contribution in [-0.2, 0) is 0 Å². The molecule has 2 heterocycles. The molecule has 0 radical (unpaired) electrons. The van der Waals surface area contributed by atoms with Crippen molar-refractivity contribution in [3.8, 4) is 11.4 Å². The molecule has 11 aromatic rings. The number of hydrogen-bond acceptors (Lipinski definition) is 2. The van der Waals surface area contributed by atoms with Crippen LogP contribution in [0.4, 0.5) is 34.1 Å². The molecule has 0 spiro atoms. The molecule has 58 heavy (non-hydrogen) atoms. The molecule has 0 aliphatic carbocycles. The van der Waals surface area contributed by atoms with Crippen LogP contribution in [0, 0.1) is 0 Å². The van der Waals surface area contributed by atoms with Crippen LogP contribution in [0.25, 0.3) is 55.0 Å². The zero-order valence-electron chi connectivity index (χ0n) is 31.7. The third kappa shape index (κ3) is 5.62. The standard InChI is InChI=1S/C54H38N4/c1-6-18-39(19-7-1)55(40-20-8-2-9-21-40)44-30-32-45(33-31-44)58-52-35-34-46(56(41-22-10-3-11-23-41)42-24-12-4-13-25-42)36-48(52)50-38-53-49(37-54(50)58)47-28-16-17-29-51(47)57(53)43-26-14-5-15-27-43/h1-38H. The highest BCUT2D eigenvalue weighted by Crippen LogP contribution is 2.43. The highest BCUT2D eigenvalue weighted by atomic mass is 15.1. The van der Waals surface area contributed by atoms with Crippen molar-refractivity contribution in [2.24, 2.45) is 0 Å². The Balaban J connectivity index is 1.17. The second-order valence-corrected chi connectivity index (χ2v) is 14.6. The number of para-hydroxylation sites is 6. The maximum absolute atomic E-state index is 2.44. The van der Waals surface area contributed by atoms with Crippen molar-refractivity contribution in [1.29, 1.82) is 0 Å². The fraction of sp³-hybridized carbons (Fsp3) is 0. The zero-order valence-corrected chi connectivity index (χ0v) is 31.7. The molecule has 0 aliphatic heterocycles. The molecule has 11 rings (SSSR count). The Bertz CT molecular complexity index is 3110. The van der Waals surface area contributed by atoms with E-state index < -0.39 is 0 Å². The number of nitrogens with zero attached hydrogens (tertiary/aromatic N) is 4. The van der Waals surface area contributed by atoms with Gasteiger partial charge in [-0.15, -0.1) is 0 Å². The summed E-state index contributed by atoms with van der Waals surface area (Å²) in [6.07, 6.45) is 0. The van der Waals surface area contributed by atoms with E-state index in [1.54, 1.807) is 0 Å². The molecule has 4 heteroatoms. The second kappa shape index (κ2) is 14.0. The molecule has 0 saturated carbocycles. The van der Waals surface area contributed by atoms with Gasteiger partial charge in [-0.3, -0.25) is 0 Å². The minimum Gasteiger partial charge on any atom is -0.311 e. The molecule has 0 unspecified atom stereocenters. The summed E-state index contributed by atoms with van der Waals surface area (Å²) in [5, 5.41) is 4.85. The summed E-state index contributed by atoms with van der Waals surface area (Å²) in [5.74, 6) is 0. The molecular weight excluding hydrogens is 705 g/mol. The average Bonchev–Trinajstić information content (AvgIpc) is 3.79. The summed E-state index contributed by atoms with van der Waals surface area (Å²) in [4.78, 5) is 4.66. The molecular formula is C54H38N4. The Morgan fingerprint density at radius 1 is 0.224 bits per heavy atom. The first kappa shape index (κ1) is 33.5. The highest BCUT2D eigenvalue weighted by molar-refractivity contribution is 6.19. The lowest BCUT2D eigenvalue weighted by molar-refractivity contribution is 1.17. The first-order valence-corrected chi connectivity index (χ1v) is 19.8. The zero-order chi connectivity index (χ0) is 38.4. The van der Waals surface area contributed by atoms with E-state index in [-0.39, 0.29) is 0 Å². The molecule has 0 bridgehead atoms. The second-order valence-electron chi connectivity index (χ2n) is 14.6. The van der Waals surface area contributed by atoms with Gasteiger partial charge in [0.25, 0.3) is 0 Å². The van der Waals surface area contributed by atoms with Crippen molar-refractivity contribution < 1.29 is 0 Å². The van der Waals surface area contributed by atoms with Crippen LogP contribution in [0.1, 0.15) is 0 Å². The van der Waals surface area contributed by atoms with Crippen LogP contribution in [0.2, 0.25) is 0 Å². The first-order chi connectivity index (χ1) is 28.8. The van der Waals surface area contributed by atoms with Crippen molar-refractivity contribution in [2.75, 3.05) is 9.80 Å². The van der Waals surface area contributed by atoms with E-state index >= 15 is 0 Å². The fourth-order valence-electron chi connectivity index (χ4n) is 8.69. The lowest BCUT2D eigenvalue weighted by Gasteiger charge is -2.26. The monoisotopic (exact) mass is 742 g/mol. The lowest BCUT2D eigenvalue weighted by Crippen LogP contribution is -2.10. The molecule has 274 valence electrons. The molecule has 2 aromatic heterocycles. The molecule has 0 fully saturated rings. The third-order valence-corrected chi connectivity index (χ3v) is 11.2. The van der Waals surface area contributed by atoms with Gasteiger partial charge < -0.3 is 18.9 Å². The van der Waals surface area contributed by atoms with Crippen molar-refractivity contribution >= 4 is 77.7 Å². The van der Waals surface area contributed by atoms with Gasteiger partial charge in [0.05, 0.1) is 22.1 Å². The van der Waals surface area contributed by atoms with E-state index in [2.05, 4.69) is 249 Å². The molecule has 0 amide bonds. The first-order valence-electron chi connectivity index (χ1n) is 19.8. The number of anilines is 6. The normalized spacial score (nSPS) is 11.4. The Morgan fingerprint density at radius 3 is 1.09 bits per heavy atom. The Labute approximate surface area is 337 Å². The van der Waals surface area contributed by atoms with Gasteiger partial charge in [0.1, 0.15) is 0 Å². The van der Waals surface area contributed by atoms with E-state index in [0.29, 0.717) is 0 Å². The van der Waals surface area contributed by atoms with Crippen LogP contribution in [0.3, 0.4) is 0 Å². The van der Waals surface area contributed by atoms with Crippen LogP contribution in [-0.4, -0.2) is 9.13 Å². The maximum Gasteiger partial charge on any atom is 0.0548 e. The minimum atomic E-state index is 1.10. The van der Waals surface area contributed by atoms with Gasteiger partial charge in [-0.1, -0.05) is 109 Å². The molecule has 9 aromatic carbocycles. The SMILES string of the molecule is c1ccc(N(c2ccccc2)c2ccc(-n3c4ccc(N(c5ccccc5)c5ccccc5)cc4c4cc5c(cc43)c3ccccc3n5-c3ccccc3)cc2)cc1. The largest absolute Gasteiger partial charge is 0.311 e. The third-order valence-electron chi connectivity index (χ3n) is 11.2. The van der Waals surface area contributed by atoms with Gasteiger partial charge in [-0.05, 0) is 121 Å². The highest BCUT2D eigenvalue weighted by Gasteiger charge is 2.21. The van der Waals surface area contributed by atoms with Crippen LogP contribution in [0.5, 0.6) is 0 Å². The molecule has 4 nitrogen and oxygen atoms in total.